The third-order valence-electron chi connectivity index (χ3n) is 2.74. The summed E-state index contributed by atoms with van der Waals surface area (Å²) < 4.78 is 10.6. The van der Waals surface area contributed by atoms with Gasteiger partial charge < -0.3 is 25.0 Å². The fourth-order valence-corrected chi connectivity index (χ4v) is 1.73. The van der Waals surface area contributed by atoms with Crippen LogP contribution in [0, 0.1) is 0 Å². The van der Waals surface area contributed by atoms with E-state index in [0.29, 0.717) is 25.4 Å². The van der Waals surface area contributed by atoms with E-state index >= 15 is 0 Å². The van der Waals surface area contributed by atoms with Crippen molar-refractivity contribution in [2.45, 2.75) is 18.6 Å². The molecule has 1 aromatic rings. The zero-order valence-electron chi connectivity index (χ0n) is 9.87. The molecule has 0 bridgehead atoms. The highest BCUT2D eigenvalue weighted by Crippen LogP contribution is 2.21. The normalized spacial score (nSPS) is 23.8. The van der Waals surface area contributed by atoms with Crippen molar-refractivity contribution in [3.63, 3.8) is 0 Å². The van der Waals surface area contributed by atoms with Crippen molar-refractivity contribution < 1.29 is 14.4 Å². The smallest absolute Gasteiger partial charge is 0.255 e. The van der Waals surface area contributed by atoms with Gasteiger partial charge in [0.05, 0.1) is 6.61 Å². The lowest BCUT2D eigenvalue weighted by atomic mass is 10.2. The lowest BCUT2D eigenvalue weighted by Crippen LogP contribution is -2.35. The van der Waals surface area contributed by atoms with Gasteiger partial charge in [-0.05, 0) is 20.0 Å². The largest absolute Gasteiger partial charge is 0.383 e. The number of ether oxygens (including phenoxy) is 1. The Hall–Kier alpha value is -1.02. The molecule has 2 heterocycles. The number of hydrogen-bond donors (Lipinski definition) is 2. The molecule has 1 saturated heterocycles. The summed E-state index contributed by atoms with van der Waals surface area (Å²) >= 11 is 0. The van der Waals surface area contributed by atoms with Crippen LogP contribution in [-0.2, 0) is 4.74 Å². The monoisotopic (exact) mass is 242 g/mol. The fraction of sp³-hybridized carbons (Fsp3) is 0.800. The van der Waals surface area contributed by atoms with Crippen LogP contribution in [0.5, 0.6) is 0 Å². The number of hydrogen-bond acceptors (Lipinski definition) is 7. The number of nitrogens with two attached hydrogens (primary N) is 1. The summed E-state index contributed by atoms with van der Waals surface area (Å²) in [6.45, 7) is 2.65. The van der Waals surface area contributed by atoms with E-state index in [9.17, 15) is 5.11 Å². The molecule has 0 spiro atoms. The van der Waals surface area contributed by atoms with Crippen LogP contribution in [0.15, 0.2) is 4.52 Å². The highest BCUT2D eigenvalue weighted by atomic mass is 16.5. The fourth-order valence-electron chi connectivity index (χ4n) is 1.73. The zero-order valence-corrected chi connectivity index (χ0v) is 9.87. The molecule has 17 heavy (non-hydrogen) atoms. The van der Waals surface area contributed by atoms with E-state index in [2.05, 4.69) is 15.0 Å². The molecule has 7 heteroatoms. The molecule has 0 saturated carbocycles. The van der Waals surface area contributed by atoms with E-state index in [-0.39, 0.29) is 12.0 Å². The van der Waals surface area contributed by atoms with Crippen molar-refractivity contribution >= 4 is 0 Å². The number of morpholine rings is 1. The molecule has 1 unspecified atom stereocenters. The van der Waals surface area contributed by atoms with Crippen LogP contribution in [0.2, 0.25) is 0 Å². The molecule has 0 aromatic carbocycles. The molecule has 2 atom stereocenters. The number of nitrogens with zero attached hydrogens (tertiary/aromatic N) is 3. The first-order chi connectivity index (χ1) is 8.20. The topological polar surface area (TPSA) is 97.6 Å². The van der Waals surface area contributed by atoms with E-state index in [1.165, 1.54) is 0 Å². The first-order valence-corrected chi connectivity index (χ1v) is 5.72. The summed E-state index contributed by atoms with van der Waals surface area (Å²) in [6.07, 6.45) is -0.563. The van der Waals surface area contributed by atoms with Crippen molar-refractivity contribution in [1.29, 1.82) is 0 Å². The molecule has 1 aliphatic heterocycles. The molecule has 96 valence electrons. The number of rotatable bonds is 4. The van der Waals surface area contributed by atoms with Crippen LogP contribution in [0.4, 0.5) is 0 Å². The van der Waals surface area contributed by atoms with Gasteiger partial charge in [-0.25, -0.2) is 0 Å². The van der Waals surface area contributed by atoms with Gasteiger partial charge >= 0.3 is 0 Å². The van der Waals surface area contributed by atoms with Gasteiger partial charge in [0.15, 0.2) is 0 Å². The molecule has 1 aromatic heterocycles. The summed E-state index contributed by atoms with van der Waals surface area (Å²) in [5.41, 5.74) is 5.35. The molecule has 0 amide bonds. The first kappa shape index (κ1) is 12.4. The van der Waals surface area contributed by atoms with Crippen LogP contribution >= 0.6 is 0 Å². The van der Waals surface area contributed by atoms with Gasteiger partial charge in [-0.15, -0.1) is 0 Å². The summed E-state index contributed by atoms with van der Waals surface area (Å²) in [4.78, 5) is 6.29. The van der Waals surface area contributed by atoms with E-state index in [4.69, 9.17) is 15.0 Å². The van der Waals surface area contributed by atoms with Gasteiger partial charge in [0.1, 0.15) is 12.2 Å². The Labute approximate surface area is 99.5 Å². The van der Waals surface area contributed by atoms with Crippen LogP contribution in [0.3, 0.4) is 0 Å². The molecular weight excluding hydrogens is 224 g/mol. The molecule has 1 fully saturated rings. The van der Waals surface area contributed by atoms with Gasteiger partial charge in [0.2, 0.25) is 5.82 Å². The third kappa shape index (κ3) is 3.01. The zero-order chi connectivity index (χ0) is 12.3. The molecule has 7 nitrogen and oxygen atoms in total. The van der Waals surface area contributed by atoms with Gasteiger partial charge in [-0.3, -0.25) is 0 Å². The Balaban J connectivity index is 2.02. The SMILES string of the molecule is CN1CCOC(c2noc([C@@H](O)CCN)n2)C1. The number of aliphatic hydroxyl groups is 1. The van der Waals surface area contributed by atoms with Gasteiger partial charge in [0, 0.05) is 13.1 Å². The standard InChI is InChI=1S/C10H18N4O3/c1-14-4-5-16-8(6-14)9-12-10(17-13-9)7(15)2-3-11/h7-8,15H,2-6,11H2,1H3/t7-,8?/m0/s1. The second-order valence-electron chi connectivity index (χ2n) is 4.21. The summed E-state index contributed by atoms with van der Waals surface area (Å²) in [5, 5.41) is 13.5. The van der Waals surface area contributed by atoms with Gasteiger partial charge in [-0.1, -0.05) is 5.16 Å². The molecule has 0 radical (unpaired) electrons. The molecule has 2 rings (SSSR count). The Kier molecular flexibility index (Phi) is 4.06. The lowest BCUT2D eigenvalue weighted by molar-refractivity contribution is -0.0264. The second kappa shape index (κ2) is 5.54. The Morgan fingerprint density at radius 1 is 1.65 bits per heavy atom. The number of aliphatic hydroxyl groups excluding tert-OH is 1. The highest BCUT2D eigenvalue weighted by Gasteiger charge is 2.25. The van der Waals surface area contributed by atoms with E-state index in [0.717, 1.165) is 13.1 Å². The molecule has 0 aliphatic carbocycles. The average molecular weight is 242 g/mol. The van der Waals surface area contributed by atoms with Crippen molar-refractivity contribution in [2.24, 2.45) is 5.73 Å². The minimum atomic E-state index is -0.789. The Morgan fingerprint density at radius 3 is 3.18 bits per heavy atom. The Bertz CT molecular complexity index is 357. The predicted octanol–water partition coefficient (Wildman–Crippen LogP) is -0.545. The highest BCUT2D eigenvalue weighted by molar-refractivity contribution is 4.95. The van der Waals surface area contributed by atoms with Crippen molar-refractivity contribution in [2.75, 3.05) is 33.3 Å². The summed E-state index contributed by atoms with van der Waals surface area (Å²) in [7, 11) is 2.01. The quantitative estimate of drug-likeness (QED) is 0.731. The van der Waals surface area contributed by atoms with Crippen LogP contribution < -0.4 is 5.73 Å². The van der Waals surface area contributed by atoms with E-state index < -0.39 is 6.10 Å². The van der Waals surface area contributed by atoms with Crippen molar-refractivity contribution in [3.05, 3.63) is 11.7 Å². The van der Waals surface area contributed by atoms with Crippen LogP contribution in [0.25, 0.3) is 0 Å². The first-order valence-electron chi connectivity index (χ1n) is 5.72. The number of likely N-dealkylation sites (N-methyl/N-ethyl adjacent to an activating group) is 1. The summed E-state index contributed by atoms with van der Waals surface area (Å²) in [6, 6.07) is 0. The molecular formula is C10H18N4O3. The van der Waals surface area contributed by atoms with Gasteiger partial charge in [0.25, 0.3) is 5.89 Å². The maximum atomic E-state index is 9.66. The molecule has 1 aliphatic rings. The average Bonchev–Trinajstić information content (AvgIpc) is 2.78. The number of aromatic nitrogens is 2. The van der Waals surface area contributed by atoms with E-state index in [1.807, 2.05) is 7.05 Å². The van der Waals surface area contributed by atoms with Crippen molar-refractivity contribution in [1.82, 2.24) is 15.0 Å². The Morgan fingerprint density at radius 2 is 2.47 bits per heavy atom. The lowest BCUT2D eigenvalue weighted by Gasteiger charge is -2.27. The van der Waals surface area contributed by atoms with Crippen LogP contribution in [0.1, 0.15) is 30.3 Å². The van der Waals surface area contributed by atoms with Crippen LogP contribution in [-0.4, -0.2) is 53.4 Å². The van der Waals surface area contributed by atoms with Gasteiger partial charge in [-0.2, -0.15) is 4.98 Å². The second-order valence-corrected chi connectivity index (χ2v) is 4.21. The van der Waals surface area contributed by atoms with Crippen molar-refractivity contribution in [3.8, 4) is 0 Å². The molecule has 3 N–H and O–H groups in total. The minimum Gasteiger partial charge on any atom is -0.383 e. The maximum absolute atomic E-state index is 9.66. The van der Waals surface area contributed by atoms with E-state index in [1.54, 1.807) is 0 Å². The summed E-state index contributed by atoms with van der Waals surface area (Å²) in [5.74, 6) is 0.699. The maximum Gasteiger partial charge on any atom is 0.255 e. The predicted molar refractivity (Wildman–Crippen MR) is 59.1 cm³/mol. The third-order valence-corrected chi connectivity index (χ3v) is 2.74. The minimum absolute atomic E-state index is 0.184.